The van der Waals surface area contributed by atoms with Crippen LogP contribution < -0.4 is 0 Å². The van der Waals surface area contributed by atoms with Gasteiger partial charge in [-0.25, -0.2) is 0 Å². The van der Waals surface area contributed by atoms with Gasteiger partial charge in [-0.15, -0.1) is 0 Å². The lowest BCUT2D eigenvalue weighted by atomic mass is 10.1. The summed E-state index contributed by atoms with van der Waals surface area (Å²) in [6.07, 6.45) is 69.6. The van der Waals surface area contributed by atoms with Gasteiger partial charge in [0.05, 0.1) is 0 Å². The summed E-state index contributed by atoms with van der Waals surface area (Å²) in [5, 5.41) is 0. The third-order valence-corrected chi connectivity index (χ3v) is 11.0. The van der Waals surface area contributed by atoms with Gasteiger partial charge in [-0.3, -0.25) is 14.4 Å². The van der Waals surface area contributed by atoms with Crippen LogP contribution in [0.5, 0.6) is 0 Å². The predicted molar refractivity (Wildman–Crippen MR) is 279 cm³/mol. The number of rotatable bonds is 47. The van der Waals surface area contributed by atoms with E-state index in [9.17, 15) is 14.4 Å². The van der Waals surface area contributed by atoms with Gasteiger partial charge in [0.1, 0.15) is 13.2 Å². The van der Waals surface area contributed by atoms with Crippen molar-refractivity contribution >= 4 is 17.9 Å². The molecule has 0 aromatic heterocycles. The van der Waals surface area contributed by atoms with Crippen molar-refractivity contribution in [3.8, 4) is 0 Å². The van der Waals surface area contributed by atoms with E-state index in [0.29, 0.717) is 19.3 Å². The van der Waals surface area contributed by atoms with Crippen LogP contribution in [0, 0.1) is 0 Å². The van der Waals surface area contributed by atoms with E-state index in [2.05, 4.69) is 118 Å². The van der Waals surface area contributed by atoms with Crippen molar-refractivity contribution in [2.45, 2.75) is 245 Å². The molecule has 370 valence electrons. The van der Waals surface area contributed by atoms with Gasteiger partial charge in [0.2, 0.25) is 0 Å². The lowest BCUT2D eigenvalue weighted by Crippen LogP contribution is -2.30. The molecule has 0 saturated heterocycles. The Balaban J connectivity index is 4.51. The van der Waals surface area contributed by atoms with Crippen molar-refractivity contribution in [1.82, 2.24) is 0 Å². The second-order valence-electron chi connectivity index (χ2n) is 17.4. The van der Waals surface area contributed by atoms with Crippen molar-refractivity contribution in [2.24, 2.45) is 0 Å². The molecular weight excluding hydrogens is 805 g/mol. The maximum absolute atomic E-state index is 12.8. The molecule has 6 heteroatoms. The van der Waals surface area contributed by atoms with Crippen molar-refractivity contribution < 1.29 is 28.6 Å². The highest BCUT2D eigenvalue weighted by Crippen LogP contribution is 2.13. The fourth-order valence-corrected chi connectivity index (χ4v) is 7.03. The fraction of sp³-hybridized carbons (Fsp3) is 0.678. The third-order valence-electron chi connectivity index (χ3n) is 11.0. The Labute approximate surface area is 400 Å². The number of carbonyl (C=O) groups is 3. The molecule has 0 saturated carbocycles. The minimum absolute atomic E-state index is 0.108. The summed E-state index contributed by atoms with van der Waals surface area (Å²) in [7, 11) is 0. The summed E-state index contributed by atoms with van der Waals surface area (Å²) < 4.78 is 16.8. The van der Waals surface area contributed by atoms with Crippen LogP contribution in [0.2, 0.25) is 0 Å². The monoisotopic (exact) mass is 903 g/mol. The molecule has 0 rings (SSSR count). The molecule has 1 atom stereocenters. The first kappa shape index (κ1) is 61.3. The molecular formula is C59H98O6. The maximum atomic E-state index is 12.8. The SMILES string of the molecule is CC/C=C\C/C=C\C/C=C\C/C=C\C/C=C\CCCC(=O)O[C@@H](COC(=O)CCCCCCC/C=C\CCCCCC)COC(=O)CCCCCCCCC/C=C\C/C=C\CCCCC. The van der Waals surface area contributed by atoms with Gasteiger partial charge in [0.15, 0.2) is 6.10 Å². The number of allylic oxidation sites excluding steroid dienone is 16. The molecule has 0 spiro atoms. The van der Waals surface area contributed by atoms with E-state index >= 15 is 0 Å². The van der Waals surface area contributed by atoms with E-state index in [1.807, 2.05) is 0 Å². The minimum Gasteiger partial charge on any atom is -0.462 e. The first-order chi connectivity index (χ1) is 32.0. The fourth-order valence-electron chi connectivity index (χ4n) is 7.03. The van der Waals surface area contributed by atoms with E-state index in [1.165, 1.54) is 89.9 Å². The van der Waals surface area contributed by atoms with Gasteiger partial charge < -0.3 is 14.2 Å². The van der Waals surface area contributed by atoms with Crippen molar-refractivity contribution in [3.63, 3.8) is 0 Å². The second kappa shape index (κ2) is 52.9. The van der Waals surface area contributed by atoms with Gasteiger partial charge in [0.25, 0.3) is 0 Å². The molecule has 0 fully saturated rings. The molecule has 6 nitrogen and oxygen atoms in total. The van der Waals surface area contributed by atoms with Crippen LogP contribution in [-0.2, 0) is 28.6 Å². The second-order valence-corrected chi connectivity index (χ2v) is 17.4. The van der Waals surface area contributed by atoms with Crippen LogP contribution in [-0.4, -0.2) is 37.2 Å². The van der Waals surface area contributed by atoms with Crippen molar-refractivity contribution in [1.29, 1.82) is 0 Å². The molecule has 0 aromatic rings. The van der Waals surface area contributed by atoms with Gasteiger partial charge >= 0.3 is 17.9 Å². The molecule has 65 heavy (non-hydrogen) atoms. The largest absolute Gasteiger partial charge is 0.462 e. The van der Waals surface area contributed by atoms with Crippen LogP contribution in [0.25, 0.3) is 0 Å². The summed E-state index contributed by atoms with van der Waals surface area (Å²) in [4.78, 5) is 38.0. The normalized spacial score (nSPS) is 12.8. The van der Waals surface area contributed by atoms with Crippen LogP contribution in [0.3, 0.4) is 0 Å². The Hall–Kier alpha value is -3.67. The van der Waals surface area contributed by atoms with Crippen molar-refractivity contribution in [2.75, 3.05) is 13.2 Å². The quantitative estimate of drug-likeness (QED) is 0.0262. The van der Waals surface area contributed by atoms with Crippen LogP contribution in [0.15, 0.2) is 97.2 Å². The molecule has 0 bridgehead atoms. The standard InChI is InChI=1S/C59H98O6/c1-4-7-10-13-16-19-22-25-27-29-31-34-37-40-43-46-49-52-58(61)64-55-56(54-63-57(60)51-48-45-42-39-36-33-24-21-18-15-12-9-6-3)65-59(62)53-50-47-44-41-38-35-32-30-28-26-23-20-17-14-11-8-5-2/h8,11,16-17,19-21,24-28,32,35,41,44,56H,4-7,9-10,12-15,18,22-23,29-31,33-34,36-40,42-43,45-55H2,1-3H3/b11-8-,19-16-,20-17-,24-21-,27-25-,28-26-,35-32-,44-41-/t56-/m0/s1. The van der Waals surface area contributed by atoms with E-state index in [4.69, 9.17) is 14.2 Å². The first-order valence-corrected chi connectivity index (χ1v) is 26.7. The minimum atomic E-state index is -0.814. The summed E-state index contributed by atoms with van der Waals surface area (Å²) >= 11 is 0. The third kappa shape index (κ3) is 51.2. The zero-order chi connectivity index (χ0) is 47.2. The zero-order valence-corrected chi connectivity index (χ0v) is 42.2. The first-order valence-electron chi connectivity index (χ1n) is 26.7. The van der Waals surface area contributed by atoms with E-state index in [1.54, 1.807) is 0 Å². The van der Waals surface area contributed by atoms with Gasteiger partial charge in [-0.1, -0.05) is 201 Å². The highest BCUT2D eigenvalue weighted by atomic mass is 16.6. The van der Waals surface area contributed by atoms with Gasteiger partial charge in [-0.05, 0) is 116 Å². The lowest BCUT2D eigenvalue weighted by molar-refractivity contribution is -0.167. The molecule has 0 heterocycles. The van der Waals surface area contributed by atoms with E-state index in [-0.39, 0.29) is 37.5 Å². The molecule has 0 aliphatic rings. The number of hydrogen-bond donors (Lipinski definition) is 0. The number of ether oxygens (including phenoxy) is 3. The summed E-state index contributed by atoms with van der Waals surface area (Å²) in [6, 6.07) is 0. The maximum Gasteiger partial charge on any atom is 0.306 e. The molecule has 0 aliphatic carbocycles. The highest BCUT2D eigenvalue weighted by molar-refractivity contribution is 5.71. The summed E-state index contributed by atoms with van der Waals surface area (Å²) in [6.45, 7) is 6.42. The predicted octanol–water partition coefficient (Wildman–Crippen LogP) is 17.8. The average Bonchev–Trinajstić information content (AvgIpc) is 3.30. The summed E-state index contributed by atoms with van der Waals surface area (Å²) in [5.74, 6) is -0.984. The molecule has 0 N–H and O–H groups in total. The highest BCUT2D eigenvalue weighted by Gasteiger charge is 2.19. The Morgan fingerprint density at radius 3 is 1.03 bits per heavy atom. The molecule has 0 aliphatic heterocycles. The van der Waals surface area contributed by atoms with Gasteiger partial charge in [-0.2, -0.15) is 0 Å². The molecule has 0 unspecified atom stereocenters. The average molecular weight is 903 g/mol. The Kier molecular flexibility index (Phi) is 50.0. The van der Waals surface area contributed by atoms with Crippen LogP contribution in [0.4, 0.5) is 0 Å². The Bertz CT molecular complexity index is 1310. The lowest BCUT2D eigenvalue weighted by Gasteiger charge is -2.18. The number of esters is 3. The molecule has 0 amide bonds. The Morgan fingerprint density at radius 2 is 0.615 bits per heavy atom. The smallest absolute Gasteiger partial charge is 0.306 e. The zero-order valence-electron chi connectivity index (χ0n) is 42.2. The number of carbonyl (C=O) groups excluding carboxylic acids is 3. The van der Waals surface area contributed by atoms with Crippen molar-refractivity contribution in [3.05, 3.63) is 97.2 Å². The van der Waals surface area contributed by atoms with Gasteiger partial charge in [0, 0.05) is 19.3 Å². The number of hydrogen-bond acceptors (Lipinski definition) is 6. The summed E-state index contributed by atoms with van der Waals surface area (Å²) in [5.41, 5.74) is 0. The van der Waals surface area contributed by atoms with E-state index < -0.39 is 6.10 Å². The van der Waals surface area contributed by atoms with E-state index in [0.717, 1.165) is 103 Å². The molecule has 0 aromatic carbocycles. The Morgan fingerprint density at radius 1 is 0.323 bits per heavy atom. The topological polar surface area (TPSA) is 78.9 Å². The van der Waals surface area contributed by atoms with Crippen LogP contribution >= 0.6 is 0 Å². The number of unbranched alkanes of at least 4 members (excludes halogenated alkanes) is 20. The van der Waals surface area contributed by atoms with Crippen LogP contribution in [0.1, 0.15) is 239 Å². The molecule has 0 radical (unpaired) electrons.